The topological polar surface area (TPSA) is 75.6 Å². The van der Waals surface area contributed by atoms with Crippen LogP contribution in [0.2, 0.25) is 0 Å². The zero-order chi connectivity index (χ0) is 18.1. The summed E-state index contributed by atoms with van der Waals surface area (Å²) in [6, 6.07) is 6.09. The van der Waals surface area contributed by atoms with Gasteiger partial charge in [-0.2, -0.15) is 13.2 Å². The maximum absolute atomic E-state index is 12.7. The highest BCUT2D eigenvalue weighted by molar-refractivity contribution is 5.96. The van der Waals surface area contributed by atoms with Gasteiger partial charge in [-0.25, -0.2) is 0 Å². The summed E-state index contributed by atoms with van der Waals surface area (Å²) in [6.07, 6.45) is -1.01. The third-order valence-corrected chi connectivity index (χ3v) is 4.27. The van der Waals surface area contributed by atoms with Crippen molar-refractivity contribution >= 4 is 16.7 Å². The number of halogens is 3. The van der Waals surface area contributed by atoms with Gasteiger partial charge in [-0.15, -0.1) is 10.2 Å². The van der Waals surface area contributed by atoms with Crippen LogP contribution in [0.4, 0.5) is 19.0 Å². The molecule has 9 heteroatoms. The van der Waals surface area contributed by atoms with Crippen LogP contribution in [0.1, 0.15) is 12.0 Å². The molecule has 0 saturated carbocycles. The largest absolute Gasteiger partial charge is 0.417 e. The molecule has 0 spiro atoms. The number of hydrogen-bond acceptors (Lipinski definition) is 6. The first-order chi connectivity index (χ1) is 12.5. The Morgan fingerprint density at radius 1 is 1.12 bits per heavy atom. The molecule has 0 aromatic carbocycles. The van der Waals surface area contributed by atoms with E-state index in [1.807, 2.05) is 6.07 Å². The highest BCUT2D eigenvalue weighted by Gasteiger charge is 2.31. The zero-order valence-electron chi connectivity index (χ0n) is 13.6. The summed E-state index contributed by atoms with van der Waals surface area (Å²) in [5.74, 6) is 0.560. The second kappa shape index (κ2) is 6.49. The predicted molar refractivity (Wildman–Crippen MR) is 90.5 cm³/mol. The maximum atomic E-state index is 12.7. The fourth-order valence-electron chi connectivity index (χ4n) is 2.95. The molecule has 4 heterocycles. The van der Waals surface area contributed by atoms with Gasteiger partial charge in [0.25, 0.3) is 0 Å². The van der Waals surface area contributed by atoms with Gasteiger partial charge < -0.3 is 10.6 Å². The third kappa shape index (κ3) is 3.17. The molecule has 3 aromatic rings. The minimum atomic E-state index is -4.43. The van der Waals surface area contributed by atoms with Crippen molar-refractivity contribution in [1.29, 1.82) is 0 Å². The van der Waals surface area contributed by atoms with Gasteiger partial charge in [0.05, 0.1) is 11.3 Å². The van der Waals surface area contributed by atoms with Crippen molar-refractivity contribution in [2.75, 3.05) is 18.4 Å². The SMILES string of the molecule is FC(F)(F)c1ccc(-c2nnc(N[C@H]3CCNC3)c3ncccc23)nc1. The van der Waals surface area contributed by atoms with Gasteiger partial charge in [-0.05, 0) is 37.2 Å². The molecule has 1 aliphatic rings. The molecule has 134 valence electrons. The van der Waals surface area contributed by atoms with E-state index < -0.39 is 11.7 Å². The number of pyridine rings is 2. The van der Waals surface area contributed by atoms with Gasteiger partial charge in [-0.1, -0.05) is 0 Å². The molecule has 1 atom stereocenters. The smallest absolute Gasteiger partial charge is 0.363 e. The van der Waals surface area contributed by atoms with Crippen molar-refractivity contribution in [1.82, 2.24) is 25.5 Å². The summed E-state index contributed by atoms with van der Waals surface area (Å²) in [5.41, 5.74) is 0.532. The van der Waals surface area contributed by atoms with Crippen LogP contribution in [-0.2, 0) is 6.18 Å². The zero-order valence-corrected chi connectivity index (χ0v) is 13.6. The number of fused-ring (bicyclic) bond motifs is 1. The van der Waals surface area contributed by atoms with Crippen molar-refractivity contribution in [3.63, 3.8) is 0 Å². The van der Waals surface area contributed by atoms with Gasteiger partial charge in [0.15, 0.2) is 5.82 Å². The molecule has 1 aliphatic heterocycles. The highest BCUT2D eigenvalue weighted by Crippen LogP contribution is 2.31. The molecule has 26 heavy (non-hydrogen) atoms. The van der Waals surface area contributed by atoms with E-state index in [-0.39, 0.29) is 6.04 Å². The van der Waals surface area contributed by atoms with Crippen molar-refractivity contribution in [2.45, 2.75) is 18.6 Å². The second-order valence-electron chi connectivity index (χ2n) is 6.06. The maximum Gasteiger partial charge on any atom is 0.417 e. The molecule has 4 rings (SSSR count). The molecule has 1 fully saturated rings. The summed E-state index contributed by atoms with van der Waals surface area (Å²) in [7, 11) is 0. The number of alkyl halides is 3. The number of aromatic nitrogens is 4. The van der Waals surface area contributed by atoms with E-state index in [0.29, 0.717) is 28.1 Å². The molecule has 0 bridgehead atoms. The van der Waals surface area contributed by atoms with Crippen molar-refractivity contribution in [2.24, 2.45) is 0 Å². The molecule has 0 unspecified atom stereocenters. The van der Waals surface area contributed by atoms with Crippen LogP contribution in [0.15, 0.2) is 36.7 Å². The van der Waals surface area contributed by atoms with Gasteiger partial charge in [0.2, 0.25) is 0 Å². The van der Waals surface area contributed by atoms with Crippen molar-refractivity contribution < 1.29 is 13.2 Å². The van der Waals surface area contributed by atoms with E-state index in [4.69, 9.17) is 0 Å². The Balaban J connectivity index is 1.74. The third-order valence-electron chi connectivity index (χ3n) is 4.27. The van der Waals surface area contributed by atoms with Crippen LogP contribution in [-0.4, -0.2) is 39.3 Å². The van der Waals surface area contributed by atoms with E-state index in [9.17, 15) is 13.2 Å². The molecule has 0 radical (unpaired) electrons. The lowest BCUT2D eigenvalue weighted by Gasteiger charge is -2.14. The first kappa shape index (κ1) is 16.6. The minimum Gasteiger partial charge on any atom is -0.363 e. The molecular weight excluding hydrogens is 345 g/mol. The van der Waals surface area contributed by atoms with E-state index in [2.05, 4.69) is 30.8 Å². The molecule has 0 amide bonds. The Bertz CT molecular complexity index is 920. The fourth-order valence-corrected chi connectivity index (χ4v) is 2.95. The standard InChI is InChI=1S/C17H15F3N6/c18-17(19,20)10-3-4-13(23-8-10)14-12-2-1-6-22-15(12)16(26-25-14)24-11-5-7-21-9-11/h1-4,6,8,11,21H,5,7,9H2,(H,24,26)/t11-/m0/s1. The van der Waals surface area contributed by atoms with E-state index >= 15 is 0 Å². The fraction of sp³-hybridized carbons (Fsp3) is 0.294. The Morgan fingerprint density at radius 2 is 2.00 bits per heavy atom. The van der Waals surface area contributed by atoms with E-state index in [1.54, 1.807) is 12.3 Å². The van der Waals surface area contributed by atoms with Gasteiger partial charge in [-0.3, -0.25) is 9.97 Å². The van der Waals surface area contributed by atoms with Gasteiger partial charge >= 0.3 is 6.18 Å². The van der Waals surface area contributed by atoms with Crippen LogP contribution >= 0.6 is 0 Å². The number of hydrogen-bond donors (Lipinski definition) is 2. The Hall–Kier alpha value is -2.81. The second-order valence-corrected chi connectivity index (χ2v) is 6.06. The van der Waals surface area contributed by atoms with Crippen LogP contribution in [0, 0.1) is 0 Å². The lowest BCUT2D eigenvalue weighted by Crippen LogP contribution is -2.23. The Kier molecular flexibility index (Phi) is 4.15. The number of rotatable bonds is 3. The molecular formula is C17H15F3N6. The van der Waals surface area contributed by atoms with Crippen LogP contribution in [0.5, 0.6) is 0 Å². The van der Waals surface area contributed by atoms with Crippen LogP contribution < -0.4 is 10.6 Å². The minimum absolute atomic E-state index is 0.240. The quantitative estimate of drug-likeness (QED) is 0.748. The summed E-state index contributed by atoms with van der Waals surface area (Å²) in [4.78, 5) is 8.29. The summed E-state index contributed by atoms with van der Waals surface area (Å²) < 4.78 is 38.2. The summed E-state index contributed by atoms with van der Waals surface area (Å²) >= 11 is 0. The first-order valence-corrected chi connectivity index (χ1v) is 8.14. The molecule has 6 nitrogen and oxygen atoms in total. The van der Waals surface area contributed by atoms with Crippen LogP contribution in [0.25, 0.3) is 22.3 Å². The average Bonchev–Trinajstić information content (AvgIpc) is 3.15. The Morgan fingerprint density at radius 3 is 2.69 bits per heavy atom. The molecule has 2 N–H and O–H groups in total. The molecule has 3 aromatic heterocycles. The highest BCUT2D eigenvalue weighted by atomic mass is 19.4. The van der Waals surface area contributed by atoms with E-state index in [1.165, 1.54) is 6.07 Å². The monoisotopic (exact) mass is 360 g/mol. The van der Waals surface area contributed by atoms with Crippen molar-refractivity contribution in [3.05, 3.63) is 42.2 Å². The normalized spacial score (nSPS) is 17.6. The predicted octanol–water partition coefficient (Wildman–Crippen LogP) is 2.88. The summed E-state index contributed by atoms with van der Waals surface area (Å²) in [5, 5.41) is 15.7. The van der Waals surface area contributed by atoms with Gasteiger partial charge in [0.1, 0.15) is 11.2 Å². The lowest BCUT2D eigenvalue weighted by molar-refractivity contribution is -0.137. The van der Waals surface area contributed by atoms with Crippen LogP contribution in [0.3, 0.4) is 0 Å². The summed E-state index contributed by atoms with van der Waals surface area (Å²) in [6.45, 7) is 1.77. The number of anilines is 1. The molecule has 0 aliphatic carbocycles. The van der Waals surface area contributed by atoms with E-state index in [0.717, 1.165) is 31.8 Å². The van der Waals surface area contributed by atoms with Gasteiger partial charge in [0, 0.05) is 30.4 Å². The number of nitrogens with zero attached hydrogens (tertiary/aromatic N) is 4. The molecule has 1 saturated heterocycles. The average molecular weight is 360 g/mol. The Labute approximate surface area is 146 Å². The van der Waals surface area contributed by atoms with Crippen molar-refractivity contribution in [3.8, 4) is 11.4 Å². The lowest BCUT2D eigenvalue weighted by atomic mass is 10.1. The first-order valence-electron chi connectivity index (χ1n) is 8.14. The number of nitrogens with one attached hydrogen (secondary N) is 2.